The van der Waals surface area contributed by atoms with Crippen LogP contribution in [0.3, 0.4) is 0 Å². The number of sulfone groups is 1. The normalized spacial score (nSPS) is 27.3. The fraction of sp³-hybridized carbons (Fsp3) is 0.429. The second kappa shape index (κ2) is 4.99. The molecule has 3 atom stereocenters. The molecule has 0 bridgehead atoms. The van der Waals surface area contributed by atoms with Crippen molar-refractivity contribution in [3.8, 4) is 0 Å². The Morgan fingerprint density at radius 1 is 1.20 bits per heavy atom. The summed E-state index contributed by atoms with van der Waals surface area (Å²) < 4.78 is 93.3. The molecule has 1 saturated carbocycles. The molecule has 1 aliphatic carbocycles. The second-order valence-electron chi connectivity index (χ2n) is 6.05. The number of alkyl halides is 3. The molecule has 0 radical (unpaired) electrons. The van der Waals surface area contributed by atoms with Crippen molar-refractivity contribution >= 4 is 9.84 Å². The van der Waals surface area contributed by atoms with Crippen molar-refractivity contribution in [3.05, 3.63) is 41.2 Å². The maximum atomic E-state index is 14.2. The molecule has 0 saturated heterocycles. The second-order valence-corrected chi connectivity index (χ2v) is 8.07. The van der Waals surface area contributed by atoms with Crippen LogP contribution in [0.2, 0.25) is 0 Å². The van der Waals surface area contributed by atoms with E-state index in [1.807, 2.05) is 0 Å². The van der Waals surface area contributed by atoms with Gasteiger partial charge in [-0.05, 0) is 12.1 Å². The van der Waals surface area contributed by atoms with E-state index in [1.54, 1.807) is 0 Å². The Labute approximate surface area is 138 Å². The van der Waals surface area contributed by atoms with E-state index in [2.05, 4.69) is 10.1 Å². The van der Waals surface area contributed by atoms with Crippen LogP contribution in [-0.4, -0.2) is 34.4 Å². The molecule has 1 aromatic heterocycles. The highest BCUT2D eigenvalue weighted by Gasteiger charge is 2.66. The van der Waals surface area contributed by atoms with E-state index >= 15 is 0 Å². The molecule has 2 heterocycles. The SMILES string of the molecule is O=S(=O)(c1nc2n(n1)[C@H](c1c(F)cccc1F)C[C@@H]2F)C1CC1(F)F. The average Bonchev–Trinajstić information content (AvgIpc) is 2.88. The highest BCUT2D eigenvalue weighted by atomic mass is 32.2. The topological polar surface area (TPSA) is 64.8 Å². The van der Waals surface area contributed by atoms with E-state index in [0.29, 0.717) is 0 Å². The lowest BCUT2D eigenvalue weighted by atomic mass is 10.0. The van der Waals surface area contributed by atoms with E-state index in [9.17, 15) is 30.4 Å². The first-order valence-electron chi connectivity index (χ1n) is 7.29. The van der Waals surface area contributed by atoms with Crippen LogP contribution in [0.15, 0.2) is 23.4 Å². The van der Waals surface area contributed by atoms with E-state index in [-0.39, 0.29) is 6.42 Å². The van der Waals surface area contributed by atoms with Gasteiger partial charge in [-0.2, -0.15) is 4.98 Å². The van der Waals surface area contributed by atoms with E-state index < -0.39 is 67.8 Å². The molecular formula is C14H10F5N3O2S. The van der Waals surface area contributed by atoms with Crippen molar-refractivity contribution in [1.82, 2.24) is 14.8 Å². The van der Waals surface area contributed by atoms with Gasteiger partial charge >= 0.3 is 0 Å². The Morgan fingerprint density at radius 3 is 2.36 bits per heavy atom. The summed E-state index contributed by atoms with van der Waals surface area (Å²) >= 11 is 0. The number of aromatic nitrogens is 3. The Bertz CT molecular complexity index is 955. The fourth-order valence-electron chi connectivity index (χ4n) is 3.00. The van der Waals surface area contributed by atoms with Crippen molar-refractivity contribution in [1.29, 1.82) is 0 Å². The maximum Gasteiger partial charge on any atom is 0.267 e. The van der Waals surface area contributed by atoms with Crippen molar-refractivity contribution in [3.63, 3.8) is 0 Å². The molecule has 11 heteroatoms. The number of fused-ring (bicyclic) bond motifs is 1. The highest BCUT2D eigenvalue weighted by molar-refractivity contribution is 7.92. The summed E-state index contributed by atoms with van der Waals surface area (Å²) in [5.74, 6) is -5.71. The highest BCUT2D eigenvalue weighted by Crippen LogP contribution is 2.49. The van der Waals surface area contributed by atoms with Gasteiger partial charge in [0, 0.05) is 18.4 Å². The van der Waals surface area contributed by atoms with Gasteiger partial charge in [-0.15, -0.1) is 5.10 Å². The molecule has 1 fully saturated rings. The summed E-state index contributed by atoms with van der Waals surface area (Å²) in [6.07, 6.45) is -3.06. The predicted molar refractivity (Wildman–Crippen MR) is 73.5 cm³/mol. The monoisotopic (exact) mass is 379 g/mol. The Hall–Kier alpha value is -2.04. The molecule has 2 aliphatic rings. The first-order valence-corrected chi connectivity index (χ1v) is 8.83. The van der Waals surface area contributed by atoms with Gasteiger partial charge in [-0.25, -0.2) is 35.1 Å². The predicted octanol–water partition coefficient (Wildman–Crippen LogP) is 2.74. The third-order valence-corrected chi connectivity index (χ3v) is 6.32. The molecule has 5 nitrogen and oxygen atoms in total. The van der Waals surface area contributed by atoms with E-state index in [1.165, 1.54) is 0 Å². The van der Waals surface area contributed by atoms with Gasteiger partial charge in [0.25, 0.3) is 11.1 Å². The van der Waals surface area contributed by atoms with E-state index in [0.717, 1.165) is 22.9 Å². The van der Waals surface area contributed by atoms with Crippen molar-refractivity contribution in [2.75, 3.05) is 0 Å². The molecule has 25 heavy (non-hydrogen) atoms. The van der Waals surface area contributed by atoms with E-state index in [4.69, 9.17) is 0 Å². The third kappa shape index (κ3) is 2.35. The molecule has 0 amide bonds. The molecule has 1 aromatic carbocycles. The van der Waals surface area contributed by atoms with Crippen LogP contribution in [0, 0.1) is 11.6 Å². The number of benzene rings is 1. The lowest BCUT2D eigenvalue weighted by molar-refractivity contribution is 0.121. The molecule has 2 aromatic rings. The molecule has 0 N–H and O–H groups in total. The minimum atomic E-state index is -4.55. The van der Waals surface area contributed by atoms with Crippen LogP contribution in [0.25, 0.3) is 0 Å². The summed E-state index contributed by atoms with van der Waals surface area (Å²) in [5, 5.41) is 0.687. The van der Waals surface area contributed by atoms with Gasteiger partial charge in [0.1, 0.15) is 16.9 Å². The fourth-order valence-corrected chi connectivity index (χ4v) is 4.57. The van der Waals surface area contributed by atoms with Crippen LogP contribution in [-0.2, 0) is 9.84 Å². The van der Waals surface area contributed by atoms with Gasteiger partial charge in [0.05, 0.1) is 6.04 Å². The van der Waals surface area contributed by atoms with Gasteiger partial charge < -0.3 is 0 Å². The number of halogens is 5. The smallest absolute Gasteiger partial charge is 0.239 e. The van der Waals surface area contributed by atoms with Crippen LogP contribution in [0.5, 0.6) is 0 Å². The molecular weight excluding hydrogens is 369 g/mol. The minimum absolute atomic E-state index is 0.382. The molecule has 0 spiro atoms. The number of hydrogen-bond donors (Lipinski definition) is 0. The zero-order chi connectivity index (χ0) is 18.1. The summed E-state index contributed by atoms with van der Waals surface area (Å²) in [6.45, 7) is 0. The van der Waals surface area contributed by atoms with Crippen LogP contribution in [0.4, 0.5) is 22.0 Å². The Morgan fingerprint density at radius 2 is 1.80 bits per heavy atom. The largest absolute Gasteiger partial charge is 0.267 e. The Kier molecular flexibility index (Phi) is 3.28. The Balaban J connectivity index is 1.79. The number of nitrogens with zero attached hydrogens (tertiary/aromatic N) is 3. The number of hydrogen-bond acceptors (Lipinski definition) is 4. The van der Waals surface area contributed by atoms with Gasteiger partial charge in [-0.1, -0.05) is 6.07 Å². The molecule has 1 aliphatic heterocycles. The van der Waals surface area contributed by atoms with Gasteiger partial charge in [0.15, 0.2) is 12.0 Å². The van der Waals surface area contributed by atoms with Gasteiger partial charge in [-0.3, -0.25) is 0 Å². The summed E-state index contributed by atoms with van der Waals surface area (Å²) in [6, 6.07) is 1.83. The van der Waals surface area contributed by atoms with Gasteiger partial charge in [0.2, 0.25) is 9.84 Å². The lowest BCUT2D eigenvalue weighted by Gasteiger charge is -2.13. The van der Waals surface area contributed by atoms with Crippen molar-refractivity contribution in [2.45, 2.75) is 41.4 Å². The first-order chi connectivity index (χ1) is 11.6. The minimum Gasteiger partial charge on any atom is -0.239 e. The van der Waals surface area contributed by atoms with Crippen LogP contribution >= 0.6 is 0 Å². The van der Waals surface area contributed by atoms with Crippen LogP contribution in [0.1, 0.15) is 36.4 Å². The first kappa shape index (κ1) is 16.4. The molecule has 134 valence electrons. The maximum absolute atomic E-state index is 14.2. The lowest BCUT2D eigenvalue weighted by Crippen LogP contribution is -2.17. The van der Waals surface area contributed by atoms with Crippen molar-refractivity contribution < 1.29 is 30.4 Å². The third-order valence-electron chi connectivity index (χ3n) is 4.37. The molecule has 4 rings (SSSR count). The quantitative estimate of drug-likeness (QED) is 0.770. The van der Waals surface area contributed by atoms with Crippen LogP contribution < -0.4 is 0 Å². The number of rotatable bonds is 3. The summed E-state index contributed by atoms with van der Waals surface area (Å²) in [5.41, 5.74) is -0.477. The summed E-state index contributed by atoms with van der Waals surface area (Å²) in [4.78, 5) is 3.52. The van der Waals surface area contributed by atoms with Crippen molar-refractivity contribution in [2.24, 2.45) is 0 Å². The molecule has 1 unspecified atom stereocenters. The zero-order valence-electron chi connectivity index (χ0n) is 12.3. The average molecular weight is 379 g/mol. The summed E-state index contributed by atoms with van der Waals surface area (Å²) in [7, 11) is -4.55. The standard InChI is InChI=1S/C14H10F5N3O2S/c15-6-2-1-3-7(16)11(6)9-4-8(17)12-20-13(21-22(9)12)25(23,24)10-5-14(10,18)19/h1-3,8-10H,4-5H2/t8-,9-,10?/m0/s1. The zero-order valence-corrected chi connectivity index (χ0v) is 13.2.